The molecule has 0 aliphatic carbocycles. The molecule has 10 nitrogen and oxygen atoms in total. The lowest BCUT2D eigenvalue weighted by Gasteiger charge is -2.23. The second kappa shape index (κ2) is 11.4. The van der Waals surface area contributed by atoms with Crippen molar-refractivity contribution in [2.75, 3.05) is 26.2 Å². The largest absolute Gasteiger partial charge is 0.361 e. The van der Waals surface area contributed by atoms with E-state index in [0.717, 1.165) is 22.2 Å². The van der Waals surface area contributed by atoms with Crippen LogP contribution in [-0.2, 0) is 27.2 Å². The van der Waals surface area contributed by atoms with Gasteiger partial charge in [-0.25, -0.2) is 4.98 Å². The molecular formula is C26H35N7O3. The fourth-order valence-corrected chi connectivity index (χ4v) is 4.67. The van der Waals surface area contributed by atoms with Crippen LogP contribution in [0.2, 0.25) is 0 Å². The van der Waals surface area contributed by atoms with E-state index in [-0.39, 0.29) is 36.7 Å². The molecule has 4 rings (SSSR count). The second-order valence-electron chi connectivity index (χ2n) is 9.74. The van der Waals surface area contributed by atoms with E-state index < -0.39 is 17.9 Å². The molecule has 192 valence electrons. The minimum atomic E-state index is -0.669. The molecule has 1 fully saturated rings. The lowest BCUT2D eigenvalue weighted by atomic mass is 9.94. The molecule has 36 heavy (non-hydrogen) atoms. The first-order chi connectivity index (χ1) is 17.3. The van der Waals surface area contributed by atoms with Gasteiger partial charge in [-0.1, -0.05) is 32.0 Å². The summed E-state index contributed by atoms with van der Waals surface area (Å²) >= 11 is 0. The number of nitrogens with two attached hydrogens (primary N) is 1. The third kappa shape index (κ3) is 5.76. The smallest absolute Gasteiger partial charge is 0.239 e. The van der Waals surface area contributed by atoms with E-state index in [1.807, 2.05) is 44.3 Å². The highest BCUT2D eigenvalue weighted by Gasteiger charge is 2.44. The first-order valence-corrected chi connectivity index (χ1v) is 12.5. The number of benzene rings is 1. The van der Waals surface area contributed by atoms with E-state index in [4.69, 9.17) is 5.73 Å². The molecule has 1 saturated heterocycles. The molecule has 6 N–H and O–H groups in total. The van der Waals surface area contributed by atoms with Crippen molar-refractivity contribution in [3.8, 4) is 0 Å². The number of amides is 3. The normalized spacial score (nSPS) is 18.5. The Morgan fingerprint density at radius 3 is 2.36 bits per heavy atom. The van der Waals surface area contributed by atoms with Crippen molar-refractivity contribution in [1.82, 2.24) is 30.5 Å². The summed E-state index contributed by atoms with van der Waals surface area (Å²) in [7, 11) is 0. The van der Waals surface area contributed by atoms with E-state index in [9.17, 15) is 14.4 Å². The zero-order valence-electron chi connectivity index (χ0n) is 20.8. The van der Waals surface area contributed by atoms with Crippen molar-refractivity contribution >= 4 is 28.6 Å². The third-order valence-corrected chi connectivity index (χ3v) is 6.93. The van der Waals surface area contributed by atoms with Gasteiger partial charge in [-0.3, -0.25) is 14.4 Å². The fourth-order valence-electron chi connectivity index (χ4n) is 4.67. The number of imidazole rings is 1. The van der Waals surface area contributed by atoms with Crippen molar-refractivity contribution in [1.29, 1.82) is 0 Å². The van der Waals surface area contributed by atoms with Crippen molar-refractivity contribution in [3.63, 3.8) is 0 Å². The van der Waals surface area contributed by atoms with Crippen molar-refractivity contribution < 1.29 is 14.4 Å². The number of H-pyrrole nitrogens is 2. The number of carbonyl (C=O) groups excluding carboxylic acids is 3. The number of nitrogens with zero attached hydrogens (tertiary/aromatic N) is 2. The highest BCUT2D eigenvalue weighted by Crippen LogP contribution is 2.26. The summed E-state index contributed by atoms with van der Waals surface area (Å²) in [5.74, 6) is -2.00. The van der Waals surface area contributed by atoms with Crippen LogP contribution in [0.15, 0.2) is 43.0 Å². The lowest BCUT2D eigenvalue weighted by Crippen LogP contribution is -2.46. The molecule has 3 aromatic rings. The Kier molecular flexibility index (Phi) is 8.04. The average molecular weight is 494 g/mol. The maximum atomic E-state index is 13.2. The van der Waals surface area contributed by atoms with E-state index in [1.165, 1.54) is 0 Å². The monoisotopic (exact) mass is 493 g/mol. The van der Waals surface area contributed by atoms with E-state index in [2.05, 4.69) is 25.6 Å². The number of para-hydroxylation sites is 1. The summed E-state index contributed by atoms with van der Waals surface area (Å²) in [5, 5.41) is 7.03. The topological polar surface area (TPSA) is 149 Å². The van der Waals surface area contributed by atoms with Gasteiger partial charge in [0.15, 0.2) is 0 Å². The minimum Gasteiger partial charge on any atom is -0.361 e. The molecule has 3 amide bonds. The number of aromatic nitrogens is 3. The highest BCUT2D eigenvalue weighted by atomic mass is 16.2. The molecule has 1 aliphatic heterocycles. The molecule has 10 heteroatoms. The first kappa shape index (κ1) is 25.4. The molecule has 0 saturated carbocycles. The number of nitrogens with one attached hydrogen (secondary N) is 4. The Bertz CT molecular complexity index is 1190. The van der Waals surface area contributed by atoms with Crippen molar-refractivity contribution in [3.05, 3.63) is 54.2 Å². The van der Waals surface area contributed by atoms with Crippen molar-refractivity contribution in [2.45, 2.75) is 32.7 Å². The number of carbonyl (C=O) groups is 3. The Hall–Kier alpha value is -3.66. The third-order valence-electron chi connectivity index (χ3n) is 6.93. The second-order valence-corrected chi connectivity index (χ2v) is 9.74. The van der Waals surface area contributed by atoms with Gasteiger partial charge in [0.25, 0.3) is 0 Å². The number of rotatable bonds is 10. The summed E-state index contributed by atoms with van der Waals surface area (Å²) in [4.78, 5) is 51.0. The molecule has 0 radical (unpaired) electrons. The summed E-state index contributed by atoms with van der Waals surface area (Å²) in [6.45, 7) is 4.96. The van der Waals surface area contributed by atoms with E-state index in [1.54, 1.807) is 17.4 Å². The SMILES string of the molecule is CC(C)[C@H](N)C(=O)N1C[C@@H](C(=O)NCCc2cnc[nH]2)[C@H](C(=O)NCCc2c[nH]c3ccccc23)C1. The number of fused-ring (bicyclic) bond motifs is 1. The summed E-state index contributed by atoms with van der Waals surface area (Å²) in [6.07, 6.45) is 6.51. The molecule has 1 aromatic carbocycles. The molecule has 3 heterocycles. The van der Waals surface area contributed by atoms with Crippen LogP contribution in [-0.4, -0.2) is 69.8 Å². The summed E-state index contributed by atoms with van der Waals surface area (Å²) in [6, 6.07) is 7.35. The van der Waals surface area contributed by atoms with Gasteiger partial charge in [-0.2, -0.15) is 0 Å². The van der Waals surface area contributed by atoms with Gasteiger partial charge < -0.3 is 31.2 Å². The maximum absolute atomic E-state index is 13.2. The molecule has 3 atom stereocenters. The van der Waals surface area contributed by atoms with Gasteiger partial charge in [0.2, 0.25) is 17.7 Å². The average Bonchev–Trinajstić information content (AvgIpc) is 3.63. The minimum absolute atomic E-state index is 0.0387. The number of hydrogen-bond acceptors (Lipinski definition) is 5. The van der Waals surface area contributed by atoms with Crippen LogP contribution in [0.5, 0.6) is 0 Å². The van der Waals surface area contributed by atoms with Gasteiger partial charge in [-0.15, -0.1) is 0 Å². The number of aromatic amines is 2. The molecule has 0 unspecified atom stereocenters. The molecule has 0 bridgehead atoms. The Balaban J connectivity index is 1.38. The number of likely N-dealkylation sites (tertiary alicyclic amines) is 1. The van der Waals surface area contributed by atoms with Gasteiger partial charge >= 0.3 is 0 Å². The zero-order chi connectivity index (χ0) is 25.7. The van der Waals surface area contributed by atoms with Crippen LogP contribution in [0, 0.1) is 17.8 Å². The number of hydrogen-bond donors (Lipinski definition) is 5. The Labute approximate surface area is 210 Å². The van der Waals surface area contributed by atoms with Gasteiger partial charge in [-0.05, 0) is 24.0 Å². The zero-order valence-corrected chi connectivity index (χ0v) is 20.8. The summed E-state index contributed by atoms with van der Waals surface area (Å²) < 4.78 is 0. The standard InChI is InChI=1S/C26H35N7O3/c1-16(2)23(27)26(36)33-13-20(21(14-33)25(35)30-10-8-18-12-28-15-32-18)24(34)29-9-7-17-11-31-22-6-4-3-5-19(17)22/h3-6,11-12,15-16,20-21,23,31H,7-10,13-14,27H2,1-2H3,(H,28,32)(H,29,34)(H,30,35)/t20-,21-,23+/m1/s1. The van der Waals surface area contributed by atoms with E-state index >= 15 is 0 Å². The molecule has 0 spiro atoms. The van der Waals surface area contributed by atoms with Crippen LogP contribution >= 0.6 is 0 Å². The van der Waals surface area contributed by atoms with Gasteiger partial charge in [0, 0.05) is 61.6 Å². The molecule has 2 aromatic heterocycles. The van der Waals surface area contributed by atoms with Gasteiger partial charge in [0.1, 0.15) is 0 Å². The van der Waals surface area contributed by atoms with Crippen LogP contribution in [0.25, 0.3) is 10.9 Å². The quantitative estimate of drug-likeness (QED) is 0.285. The van der Waals surface area contributed by atoms with Gasteiger partial charge in [0.05, 0.1) is 24.2 Å². The Morgan fingerprint density at radius 1 is 1.06 bits per heavy atom. The predicted molar refractivity (Wildman–Crippen MR) is 137 cm³/mol. The van der Waals surface area contributed by atoms with Crippen LogP contribution in [0.3, 0.4) is 0 Å². The Morgan fingerprint density at radius 2 is 1.72 bits per heavy atom. The predicted octanol–water partition coefficient (Wildman–Crippen LogP) is 0.967. The maximum Gasteiger partial charge on any atom is 0.239 e. The highest BCUT2D eigenvalue weighted by molar-refractivity contribution is 5.91. The molecular weight excluding hydrogens is 458 g/mol. The first-order valence-electron chi connectivity index (χ1n) is 12.5. The van der Waals surface area contributed by atoms with Crippen LogP contribution in [0.1, 0.15) is 25.1 Å². The van der Waals surface area contributed by atoms with Crippen LogP contribution < -0.4 is 16.4 Å². The van der Waals surface area contributed by atoms with E-state index in [0.29, 0.717) is 25.9 Å². The van der Waals surface area contributed by atoms with Crippen LogP contribution in [0.4, 0.5) is 0 Å². The lowest BCUT2D eigenvalue weighted by molar-refractivity contribution is -0.133. The van der Waals surface area contributed by atoms with Crippen molar-refractivity contribution in [2.24, 2.45) is 23.5 Å². The molecule has 1 aliphatic rings. The summed E-state index contributed by atoms with van der Waals surface area (Å²) in [5.41, 5.74) is 9.17. The fraction of sp³-hybridized carbons (Fsp3) is 0.462.